The van der Waals surface area contributed by atoms with Gasteiger partial charge in [0.1, 0.15) is 11.3 Å². The average Bonchev–Trinajstić information content (AvgIpc) is 3.36. The summed E-state index contributed by atoms with van der Waals surface area (Å²) in [6, 6.07) is 15.3. The van der Waals surface area contributed by atoms with E-state index in [0.717, 1.165) is 17.1 Å². The normalized spacial score (nSPS) is 16.9. The van der Waals surface area contributed by atoms with Crippen molar-refractivity contribution in [1.29, 1.82) is 5.26 Å². The Morgan fingerprint density at radius 3 is 2.64 bits per heavy atom. The van der Waals surface area contributed by atoms with Gasteiger partial charge in [0.2, 0.25) is 5.91 Å². The van der Waals surface area contributed by atoms with E-state index in [0.29, 0.717) is 23.4 Å². The van der Waals surface area contributed by atoms with Crippen molar-refractivity contribution in [2.45, 2.75) is 31.3 Å². The van der Waals surface area contributed by atoms with E-state index < -0.39 is 11.4 Å². The fourth-order valence-electron chi connectivity index (χ4n) is 4.12. The molecular formula is C25H27ClN8O2. The molecule has 3 heterocycles. The lowest BCUT2D eigenvalue weighted by atomic mass is 10.0. The number of carbonyl (C=O) groups is 2. The lowest BCUT2D eigenvalue weighted by Gasteiger charge is -2.19. The van der Waals surface area contributed by atoms with Crippen LogP contribution in [0.1, 0.15) is 40.9 Å². The molecule has 0 saturated heterocycles. The second-order valence-corrected chi connectivity index (χ2v) is 8.85. The minimum Gasteiger partial charge on any atom is -0.366 e. The molecule has 3 aromatic rings. The molecule has 0 spiro atoms. The minimum absolute atomic E-state index is 0.204. The number of amides is 2. The monoisotopic (exact) mass is 506 g/mol. The number of halogens is 1. The van der Waals surface area contributed by atoms with E-state index in [-0.39, 0.29) is 31.3 Å². The second-order valence-electron chi connectivity index (χ2n) is 8.41. The van der Waals surface area contributed by atoms with E-state index >= 15 is 0 Å². The standard InChI is InChI=1S/C25H27ClN8O2/c1-16-20(22(26)33(2)32-16)21-24(29-14-17-8-4-3-5-9-17)34-13-6-10-18(23(34)31-21)25(36)30-15-19(35)28-12-7-11-27/h3-6,8-10,13,20,22,29H,7,12,14-15H2,1-2H3,(H,28,35)(H,30,36). The fraction of sp³-hybridized carbons (Fsp3) is 0.320. The molecule has 36 heavy (non-hydrogen) atoms. The largest absolute Gasteiger partial charge is 0.366 e. The molecule has 0 radical (unpaired) electrons. The van der Waals surface area contributed by atoms with Gasteiger partial charge in [-0.25, -0.2) is 4.98 Å². The van der Waals surface area contributed by atoms with Gasteiger partial charge in [-0.05, 0) is 24.6 Å². The van der Waals surface area contributed by atoms with Gasteiger partial charge in [-0.1, -0.05) is 41.9 Å². The third kappa shape index (κ3) is 5.26. The van der Waals surface area contributed by atoms with E-state index in [9.17, 15) is 9.59 Å². The van der Waals surface area contributed by atoms with Crippen molar-refractivity contribution in [3.05, 3.63) is 65.5 Å². The third-order valence-corrected chi connectivity index (χ3v) is 6.42. The summed E-state index contributed by atoms with van der Waals surface area (Å²) in [6.07, 6.45) is 2.04. The van der Waals surface area contributed by atoms with Crippen LogP contribution in [0.3, 0.4) is 0 Å². The van der Waals surface area contributed by atoms with Gasteiger partial charge in [-0.3, -0.25) is 19.0 Å². The van der Waals surface area contributed by atoms with Crippen LogP contribution in [0.15, 0.2) is 53.8 Å². The van der Waals surface area contributed by atoms with E-state index in [1.165, 1.54) is 0 Å². The Kier molecular flexibility index (Phi) is 7.71. The van der Waals surface area contributed by atoms with Crippen molar-refractivity contribution in [3.8, 4) is 6.07 Å². The molecule has 0 aliphatic carbocycles. The number of hydrogen-bond acceptors (Lipinski definition) is 7. The van der Waals surface area contributed by atoms with Crippen molar-refractivity contribution in [3.63, 3.8) is 0 Å². The molecule has 2 amide bonds. The number of aromatic nitrogens is 2. The minimum atomic E-state index is -0.432. The van der Waals surface area contributed by atoms with Crippen molar-refractivity contribution in [2.75, 3.05) is 25.5 Å². The van der Waals surface area contributed by atoms with Crippen LogP contribution in [-0.4, -0.2) is 57.6 Å². The van der Waals surface area contributed by atoms with E-state index in [1.54, 1.807) is 17.1 Å². The first kappa shape index (κ1) is 25.0. The summed E-state index contributed by atoms with van der Waals surface area (Å²) in [6.45, 7) is 2.48. The first-order valence-corrected chi connectivity index (χ1v) is 12.0. The topological polar surface area (TPSA) is 127 Å². The van der Waals surface area contributed by atoms with Crippen molar-refractivity contribution < 1.29 is 9.59 Å². The van der Waals surface area contributed by atoms with Gasteiger partial charge >= 0.3 is 0 Å². The number of hydrazone groups is 1. The molecule has 0 bridgehead atoms. The number of pyridine rings is 1. The lowest BCUT2D eigenvalue weighted by Crippen LogP contribution is -2.37. The zero-order valence-electron chi connectivity index (χ0n) is 20.0. The molecule has 1 aliphatic heterocycles. The van der Waals surface area contributed by atoms with Crippen LogP contribution in [0.4, 0.5) is 5.82 Å². The van der Waals surface area contributed by atoms with Crippen LogP contribution in [0.2, 0.25) is 0 Å². The molecule has 0 saturated carbocycles. The molecule has 10 nitrogen and oxygen atoms in total. The Labute approximate surface area is 213 Å². The molecule has 11 heteroatoms. The predicted octanol–water partition coefficient (Wildman–Crippen LogP) is 2.68. The van der Waals surface area contributed by atoms with Gasteiger partial charge < -0.3 is 16.0 Å². The quantitative estimate of drug-likeness (QED) is 0.232. The summed E-state index contributed by atoms with van der Waals surface area (Å²) in [5.41, 5.74) is 2.93. The van der Waals surface area contributed by atoms with Gasteiger partial charge in [0.05, 0.1) is 36.2 Å². The van der Waals surface area contributed by atoms with Crippen molar-refractivity contribution >= 4 is 40.6 Å². The Morgan fingerprint density at radius 2 is 1.94 bits per heavy atom. The smallest absolute Gasteiger partial charge is 0.255 e. The summed E-state index contributed by atoms with van der Waals surface area (Å²) >= 11 is 6.70. The number of anilines is 1. The van der Waals surface area contributed by atoms with Crippen LogP contribution in [-0.2, 0) is 11.3 Å². The predicted molar refractivity (Wildman–Crippen MR) is 138 cm³/mol. The summed E-state index contributed by atoms with van der Waals surface area (Å²) in [7, 11) is 1.81. The number of nitrogens with one attached hydrogen (secondary N) is 3. The maximum Gasteiger partial charge on any atom is 0.255 e. The summed E-state index contributed by atoms with van der Waals surface area (Å²) in [4.78, 5) is 29.9. The number of imidazole rings is 1. The molecule has 186 valence electrons. The molecular weight excluding hydrogens is 480 g/mol. The zero-order chi connectivity index (χ0) is 25.7. The summed E-state index contributed by atoms with van der Waals surface area (Å²) < 4.78 is 1.83. The Morgan fingerprint density at radius 1 is 1.17 bits per heavy atom. The number of likely N-dealkylation sites (N-methyl/N-ethyl adjacent to an activating group) is 1. The SMILES string of the molecule is CC1=NN(C)C(Cl)C1c1nc2c(C(=O)NCC(=O)NCCC#N)cccn2c1NCc1ccccc1. The zero-order valence-corrected chi connectivity index (χ0v) is 20.8. The van der Waals surface area contributed by atoms with Gasteiger partial charge in [0, 0.05) is 32.0 Å². The molecule has 4 rings (SSSR count). The molecule has 3 N–H and O–H groups in total. The van der Waals surface area contributed by atoms with Gasteiger partial charge in [0.25, 0.3) is 5.91 Å². The first-order chi connectivity index (χ1) is 17.4. The van der Waals surface area contributed by atoms with E-state index in [2.05, 4.69) is 21.1 Å². The van der Waals surface area contributed by atoms with Crippen LogP contribution in [0, 0.1) is 11.3 Å². The number of hydrogen-bond donors (Lipinski definition) is 3. The number of alkyl halides is 1. The van der Waals surface area contributed by atoms with Gasteiger partial charge in [-0.2, -0.15) is 10.4 Å². The highest BCUT2D eigenvalue weighted by atomic mass is 35.5. The Bertz CT molecular complexity index is 1330. The summed E-state index contributed by atoms with van der Waals surface area (Å²) in [5, 5.41) is 23.5. The highest BCUT2D eigenvalue weighted by Gasteiger charge is 2.37. The van der Waals surface area contributed by atoms with Crippen molar-refractivity contribution in [1.82, 2.24) is 25.0 Å². The molecule has 1 aromatic carbocycles. The van der Waals surface area contributed by atoms with Gasteiger partial charge in [0.15, 0.2) is 5.65 Å². The number of rotatable bonds is 9. The Hall–Kier alpha value is -4.10. The number of carbonyl (C=O) groups excluding carboxylic acids is 2. The average molecular weight is 507 g/mol. The molecule has 0 fully saturated rings. The molecule has 2 atom stereocenters. The molecule has 2 unspecified atom stereocenters. The summed E-state index contributed by atoms with van der Waals surface area (Å²) in [5.74, 6) is -0.362. The highest BCUT2D eigenvalue weighted by molar-refractivity contribution is 6.23. The van der Waals surface area contributed by atoms with E-state index in [1.807, 2.05) is 61.0 Å². The first-order valence-electron chi connectivity index (χ1n) is 11.5. The van der Waals surface area contributed by atoms with Crippen LogP contribution in [0.5, 0.6) is 0 Å². The molecule has 1 aliphatic rings. The lowest BCUT2D eigenvalue weighted by molar-refractivity contribution is -0.120. The van der Waals surface area contributed by atoms with Gasteiger partial charge in [-0.15, -0.1) is 0 Å². The van der Waals surface area contributed by atoms with Crippen LogP contribution >= 0.6 is 11.6 Å². The van der Waals surface area contributed by atoms with Crippen LogP contribution in [0.25, 0.3) is 5.65 Å². The van der Waals surface area contributed by atoms with Crippen molar-refractivity contribution in [2.24, 2.45) is 5.10 Å². The fourth-order valence-corrected chi connectivity index (χ4v) is 4.47. The second kappa shape index (κ2) is 11.1. The van der Waals surface area contributed by atoms with E-state index in [4.69, 9.17) is 21.8 Å². The maximum absolute atomic E-state index is 13.0. The third-order valence-electron chi connectivity index (χ3n) is 5.89. The number of benzene rings is 1. The number of fused-ring (bicyclic) bond motifs is 1. The van der Waals surface area contributed by atoms with Crippen LogP contribution < -0.4 is 16.0 Å². The number of nitriles is 1. The molecule has 2 aromatic heterocycles. The maximum atomic E-state index is 13.0. The Balaban J connectivity index is 1.66. The highest BCUT2D eigenvalue weighted by Crippen LogP contribution is 2.37. The number of nitrogens with zero attached hydrogens (tertiary/aromatic N) is 5.